The number of nitrogens with one attached hydrogen (secondary N) is 2. The Morgan fingerprint density at radius 2 is 2.00 bits per heavy atom. The van der Waals surface area contributed by atoms with E-state index in [4.69, 9.17) is 4.74 Å². The van der Waals surface area contributed by atoms with E-state index in [1.54, 1.807) is 7.11 Å². The number of quaternary nitrogens is 1. The van der Waals surface area contributed by atoms with E-state index in [-0.39, 0.29) is 5.91 Å². The number of hydrogen-bond donors (Lipinski definition) is 2. The van der Waals surface area contributed by atoms with Gasteiger partial charge in [0.25, 0.3) is 5.91 Å². The number of methoxy groups -OCH3 is 1. The highest BCUT2D eigenvalue weighted by atomic mass is 16.5. The minimum Gasteiger partial charge on any atom is -0.497 e. The Balaban J connectivity index is 1.60. The van der Waals surface area contributed by atoms with Gasteiger partial charge in [0, 0.05) is 5.56 Å². The molecule has 0 radical (unpaired) electrons. The van der Waals surface area contributed by atoms with Crippen LogP contribution in [0.3, 0.4) is 0 Å². The summed E-state index contributed by atoms with van der Waals surface area (Å²) < 4.78 is 5.26. The standard InChI is InChI=1S/C21H25N3O2/c1-21(14-22,18-7-8-18)23-20(25)13-24(2)12-15-4-5-17-11-19(26-3)9-6-16(17)10-15/h4-6,9-11,18H,7-8,12-13H2,1-3H3,(H,23,25)/p+1/t21-/m0/s1. The monoisotopic (exact) mass is 352 g/mol. The molecule has 1 saturated carbocycles. The van der Waals surface area contributed by atoms with Crippen LogP contribution in [-0.4, -0.2) is 32.1 Å². The SMILES string of the molecule is COc1ccc2cc(C[NH+](C)CC(=O)N[C@@](C)(C#N)C3CC3)ccc2c1. The molecule has 2 aromatic carbocycles. The highest BCUT2D eigenvalue weighted by Gasteiger charge is 2.43. The van der Waals surface area contributed by atoms with E-state index < -0.39 is 5.54 Å². The minimum atomic E-state index is -0.723. The normalized spacial score (nSPS) is 17.2. The molecule has 1 unspecified atom stereocenters. The molecule has 5 heteroatoms. The number of fused-ring (bicyclic) bond motifs is 1. The molecule has 2 atom stereocenters. The highest BCUT2D eigenvalue weighted by molar-refractivity contribution is 5.84. The molecule has 1 aliphatic rings. The van der Waals surface area contributed by atoms with Crippen LogP contribution in [0.1, 0.15) is 25.3 Å². The zero-order valence-electron chi connectivity index (χ0n) is 15.6. The molecule has 1 amide bonds. The number of benzene rings is 2. The fourth-order valence-corrected chi connectivity index (χ4v) is 3.41. The topological polar surface area (TPSA) is 66.6 Å². The number of carbonyl (C=O) groups is 1. The molecule has 0 aromatic heterocycles. The van der Waals surface area contributed by atoms with Gasteiger partial charge in [0.2, 0.25) is 0 Å². The molecule has 0 heterocycles. The summed E-state index contributed by atoms with van der Waals surface area (Å²) >= 11 is 0. The summed E-state index contributed by atoms with van der Waals surface area (Å²) in [6.45, 7) is 2.93. The van der Waals surface area contributed by atoms with Gasteiger partial charge in [-0.2, -0.15) is 5.26 Å². The van der Waals surface area contributed by atoms with Crippen molar-refractivity contribution in [2.45, 2.75) is 31.8 Å². The zero-order chi connectivity index (χ0) is 18.7. The van der Waals surface area contributed by atoms with Gasteiger partial charge in [0.15, 0.2) is 6.54 Å². The van der Waals surface area contributed by atoms with Crippen LogP contribution < -0.4 is 15.0 Å². The van der Waals surface area contributed by atoms with Crippen LogP contribution in [-0.2, 0) is 11.3 Å². The van der Waals surface area contributed by atoms with E-state index >= 15 is 0 Å². The maximum Gasteiger partial charge on any atom is 0.276 e. The lowest BCUT2D eigenvalue weighted by Crippen LogP contribution is -3.09. The lowest BCUT2D eigenvalue weighted by Gasteiger charge is -2.23. The quantitative estimate of drug-likeness (QED) is 0.797. The number of nitriles is 1. The van der Waals surface area contributed by atoms with Crippen LogP contribution in [0.15, 0.2) is 36.4 Å². The third-order valence-electron chi connectivity index (χ3n) is 5.11. The van der Waals surface area contributed by atoms with Crippen molar-refractivity contribution in [3.63, 3.8) is 0 Å². The number of amides is 1. The van der Waals surface area contributed by atoms with Gasteiger partial charge in [-0.05, 0) is 54.7 Å². The van der Waals surface area contributed by atoms with Crippen LogP contribution in [0, 0.1) is 17.2 Å². The van der Waals surface area contributed by atoms with Crippen LogP contribution >= 0.6 is 0 Å². The Bertz CT molecular complexity index is 854. The first-order valence-electron chi connectivity index (χ1n) is 9.04. The molecule has 3 rings (SSSR count). The van der Waals surface area contributed by atoms with Crippen LogP contribution in [0.4, 0.5) is 0 Å². The first kappa shape index (κ1) is 18.2. The summed E-state index contributed by atoms with van der Waals surface area (Å²) in [4.78, 5) is 13.4. The fourth-order valence-electron chi connectivity index (χ4n) is 3.41. The minimum absolute atomic E-state index is 0.0658. The summed E-state index contributed by atoms with van der Waals surface area (Å²) in [7, 11) is 3.66. The Morgan fingerprint density at radius 3 is 2.65 bits per heavy atom. The van der Waals surface area contributed by atoms with E-state index in [2.05, 4.69) is 29.6 Å². The van der Waals surface area contributed by atoms with E-state index in [1.807, 2.05) is 32.2 Å². The number of rotatable bonds is 7. The number of likely N-dealkylation sites (N-methyl/N-ethyl adjacent to an activating group) is 1. The third kappa shape index (κ3) is 4.14. The number of ether oxygens (including phenoxy) is 1. The second kappa shape index (κ2) is 7.35. The van der Waals surface area contributed by atoms with E-state index in [0.29, 0.717) is 12.5 Å². The number of nitrogens with zero attached hydrogens (tertiary/aromatic N) is 1. The highest BCUT2D eigenvalue weighted by Crippen LogP contribution is 2.39. The van der Waals surface area contributed by atoms with E-state index in [9.17, 15) is 10.1 Å². The van der Waals surface area contributed by atoms with Gasteiger partial charge in [0.05, 0.1) is 20.2 Å². The lowest BCUT2D eigenvalue weighted by atomic mass is 9.98. The van der Waals surface area contributed by atoms with Crippen molar-refractivity contribution in [3.8, 4) is 11.8 Å². The van der Waals surface area contributed by atoms with Gasteiger partial charge in [0.1, 0.15) is 17.8 Å². The van der Waals surface area contributed by atoms with Crippen LogP contribution in [0.2, 0.25) is 0 Å². The molecule has 0 saturated heterocycles. The van der Waals surface area contributed by atoms with Crippen molar-refractivity contribution in [2.24, 2.45) is 5.92 Å². The summed E-state index contributed by atoms with van der Waals surface area (Å²) in [5.74, 6) is 1.08. The maximum atomic E-state index is 12.3. The zero-order valence-corrected chi connectivity index (χ0v) is 15.6. The Labute approximate surface area is 154 Å². The first-order chi connectivity index (χ1) is 12.4. The average Bonchev–Trinajstić information content (AvgIpc) is 3.46. The van der Waals surface area contributed by atoms with Crippen LogP contribution in [0.5, 0.6) is 5.75 Å². The molecule has 0 bridgehead atoms. The number of hydrogen-bond acceptors (Lipinski definition) is 3. The fraction of sp³-hybridized carbons (Fsp3) is 0.429. The second-order valence-corrected chi connectivity index (χ2v) is 7.49. The molecule has 0 spiro atoms. The molecule has 2 N–H and O–H groups in total. The second-order valence-electron chi connectivity index (χ2n) is 7.49. The molecule has 2 aromatic rings. The summed E-state index contributed by atoms with van der Waals surface area (Å²) in [5.41, 5.74) is 0.456. The van der Waals surface area contributed by atoms with Crippen molar-refractivity contribution in [2.75, 3.05) is 20.7 Å². The van der Waals surface area contributed by atoms with Crippen LogP contribution in [0.25, 0.3) is 10.8 Å². The molecule has 136 valence electrons. The lowest BCUT2D eigenvalue weighted by molar-refractivity contribution is -0.885. The van der Waals surface area contributed by atoms with Crippen molar-refractivity contribution in [3.05, 3.63) is 42.0 Å². The molecule has 5 nitrogen and oxygen atoms in total. The van der Waals surface area contributed by atoms with Gasteiger partial charge >= 0.3 is 0 Å². The Morgan fingerprint density at radius 1 is 1.31 bits per heavy atom. The summed E-state index contributed by atoms with van der Waals surface area (Å²) in [6.07, 6.45) is 2.05. The first-order valence-corrected chi connectivity index (χ1v) is 9.04. The molecule has 26 heavy (non-hydrogen) atoms. The van der Waals surface area contributed by atoms with Gasteiger partial charge in [-0.1, -0.05) is 18.2 Å². The van der Waals surface area contributed by atoms with Crippen molar-refractivity contribution in [1.82, 2.24) is 5.32 Å². The molecule has 1 aliphatic carbocycles. The summed E-state index contributed by atoms with van der Waals surface area (Å²) in [5, 5.41) is 14.6. The van der Waals surface area contributed by atoms with E-state index in [0.717, 1.165) is 40.8 Å². The third-order valence-corrected chi connectivity index (χ3v) is 5.11. The maximum absolute atomic E-state index is 12.3. The largest absolute Gasteiger partial charge is 0.497 e. The van der Waals surface area contributed by atoms with Gasteiger partial charge in [-0.25, -0.2) is 0 Å². The van der Waals surface area contributed by atoms with E-state index in [1.165, 1.54) is 5.56 Å². The Kier molecular flexibility index (Phi) is 5.15. The van der Waals surface area contributed by atoms with Gasteiger partial charge in [-0.15, -0.1) is 0 Å². The smallest absolute Gasteiger partial charge is 0.276 e. The summed E-state index contributed by atoms with van der Waals surface area (Å²) in [6, 6.07) is 14.6. The molecular weight excluding hydrogens is 326 g/mol. The molecule has 0 aliphatic heterocycles. The van der Waals surface area contributed by atoms with Crippen molar-refractivity contribution < 1.29 is 14.4 Å². The number of carbonyl (C=O) groups excluding carboxylic acids is 1. The van der Waals surface area contributed by atoms with Gasteiger partial charge < -0.3 is 15.0 Å². The predicted octanol–water partition coefficient (Wildman–Crippen LogP) is 1.67. The average molecular weight is 352 g/mol. The molecule has 1 fully saturated rings. The van der Waals surface area contributed by atoms with Crippen molar-refractivity contribution in [1.29, 1.82) is 5.26 Å². The Hall–Kier alpha value is -2.58. The van der Waals surface area contributed by atoms with Gasteiger partial charge in [-0.3, -0.25) is 4.79 Å². The predicted molar refractivity (Wildman–Crippen MR) is 101 cm³/mol. The molecular formula is C21H26N3O2+. The van der Waals surface area contributed by atoms with Crippen molar-refractivity contribution >= 4 is 16.7 Å².